The zero-order chi connectivity index (χ0) is 14.1. The van der Waals surface area contributed by atoms with Crippen LogP contribution in [0.4, 0.5) is 4.39 Å². The van der Waals surface area contributed by atoms with Gasteiger partial charge in [0, 0.05) is 5.56 Å². The van der Waals surface area contributed by atoms with E-state index in [1.54, 1.807) is 6.92 Å². The quantitative estimate of drug-likeness (QED) is 0.282. The third kappa shape index (κ3) is 4.79. The average Bonchev–Trinajstić information content (AvgIpc) is 2.40. The Bertz CT molecular complexity index is 403. The molecule has 1 aromatic rings. The smallest absolute Gasteiger partial charge is 0.327 e. The number of hydrogen-bond donors (Lipinski definition) is 0. The number of ketones is 1. The summed E-state index contributed by atoms with van der Waals surface area (Å²) >= 11 is 2.95. The zero-order valence-electron chi connectivity index (χ0n) is 9.99. The number of esters is 1. The van der Waals surface area contributed by atoms with E-state index >= 15 is 0 Å². The second-order valence-electron chi connectivity index (χ2n) is 2.99. The highest BCUT2D eigenvalue weighted by atomic mass is 79.9. The molecule has 0 aliphatic rings. The summed E-state index contributed by atoms with van der Waals surface area (Å²) in [4.78, 5) is 21.9. The molecule has 1 atom stereocenters. The molecule has 5 heteroatoms. The fourth-order valence-corrected chi connectivity index (χ4v) is 1.48. The first kappa shape index (κ1) is 16.5. The minimum absolute atomic E-state index is 0.206. The van der Waals surface area contributed by atoms with Crippen molar-refractivity contribution in [3.63, 3.8) is 0 Å². The third-order valence-electron chi connectivity index (χ3n) is 1.85. The molecule has 0 aliphatic carbocycles. The molecule has 0 N–H and O–H groups in total. The Morgan fingerprint density at radius 2 is 1.83 bits per heavy atom. The summed E-state index contributed by atoms with van der Waals surface area (Å²) < 4.78 is 17.3. The minimum Gasteiger partial charge on any atom is -0.465 e. The summed E-state index contributed by atoms with van der Waals surface area (Å²) in [7, 11) is 0. The molecule has 0 saturated carbocycles. The van der Waals surface area contributed by atoms with Crippen molar-refractivity contribution in [1.29, 1.82) is 0 Å². The summed E-state index contributed by atoms with van der Waals surface area (Å²) in [6.45, 7) is 7.86. The lowest BCUT2D eigenvalue weighted by atomic mass is 10.1. The van der Waals surface area contributed by atoms with Gasteiger partial charge in [0.1, 0.15) is 5.82 Å². The Morgan fingerprint density at radius 3 is 2.28 bits per heavy atom. The van der Waals surface area contributed by atoms with Crippen molar-refractivity contribution >= 4 is 27.7 Å². The van der Waals surface area contributed by atoms with Crippen LogP contribution in [0, 0.1) is 5.82 Å². The number of benzene rings is 1. The average molecular weight is 317 g/mol. The molecular weight excluding hydrogens is 303 g/mol. The molecule has 3 nitrogen and oxygen atoms in total. The molecule has 0 aliphatic heterocycles. The van der Waals surface area contributed by atoms with Crippen LogP contribution in [0.2, 0.25) is 0 Å². The van der Waals surface area contributed by atoms with Crippen LogP contribution in [-0.4, -0.2) is 23.2 Å². The first-order valence-corrected chi connectivity index (χ1v) is 6.08. The number of carbonyl (C=O) groups excluding carboxylic acids is 2. The number of carbonyl (C=O) groups is 2. The minimum atomic E-state index is -1.04. The van der Waals surface area contributed by atoms with Crippen molar-refractivity contribution in [3.8, 4) is 0 Å². The molecule has 98 valence electrons. The van der Waals surface area contributed by atoms with Crippen LogP contribution < -0.4 is 0 Å². The van der Waals surface area contributed by atoms with Gasteiger partial charge in [-0.3, -0.25) is 9.59 Å². The van der Waals surface area contributed by atoms with Crippen molar-refractivity contribution in [1.82, 2.24) is 0 Å². The maximum absolute atomic E-state index is 12.6. The summed E-state index contributed by atoms with van der Waals surface area (Å²) in [6.07, 6.45) is 0. The van der Waals surface area contributed by atoms with Gasteiger partial charge >= 0.3 is 5.97 Å². The summed E-state index contributed by atoms with van der Waals surface area (Å²) in [5.41, 5.74) is 0.260. The van der Waals surface area contributed by atoms with E-state index in [2.05, 4.69) is 33.8 Å². The van der Waals surface area contributed by atoms with Gasteiger partial charge in [-0.2, -0.15) is 0 Å². The fourth-order valence-electron chi connectivity index (χ4n) is 1.08. The monoisotopic (exact) mass is 316 g/mol. The van der Waals surface area contributed by atoms with E-state index in [1.807, 2.05) is 0 Å². The lowest BCUT2D eigenvalue weighted by Crippen LogP contribution is -2.26. The van der Waals surface area contributed by atoms with Crippen molar-refractivity contribution in [2.45, 2.75) is 11.8 Å². The van der Waals surface area contributed by atoms with Crippen LogP contribution in [0.3, 0.4) is 0 Å². The second-order valence-corrected chi connectivity index (χ2v) is 3.90. The molecule has 1 unspecified atom stereocenters. The van der Waals surface area contributed by atoms with Crippen molar-refractivity contribution in [2.24, 2.45) is 0 Å². The van der Waals surface area contributed by atoms with E-state index in [0.29, 0.717) is 0 Å². The number of halogens is 2. The normalized spacial score (nSPS) is 10.8. The summed E-state index contributed by atoms with van der Waals surface area (Å²) in [5.74, 6) is -1.52. The van der Waals surface area contributed by atoms with Gasteiger partial charge in [-0.25, -0.2) is 4.39 Å². The first-order chi connectivity index (χ1) is 8.56. The van der Waals surface area contributed by atoms with Gasteiger partial charge in [0.15, 0.2) is 10.6 Å². The highest BCUT2D eigenvalue weighted by Crippen LogP contribution is 2.12. The molecule has 1 aromatic carbocycles. The van der Waals surface area contributed by atoms with E-state index in [1.165, 1.54) is 12.1 Å². The van der Waals surface area contributed by atoms with Crippen molar-refractivity contribution < 1.29 is 18.7 Å². The molecule has 0 spiro atoms. The summed E-state index contributed by atoms with van der Waals surface area (Å²) in [5, 5.41) is 0. The highest BCUT2D eigenvalue weighted by Gasteiger charge is 2.25. The van der Waals surface area contributed by atoms with E-state index in [0.717, 1.165) is 12.1 Å². The van der Waals surface area contributed by atoms with E-state index in [4.69, 9.17) is 0 Å². The Morgan fingerprint density at radius 1 is 1.33 bits per heavy atom. The molecule has 0 radical (unpaired) electrons. The van der Waals surface area contributed by atoms with Gasteiger partial charge in [-0.1, -0.05) is 15.9 Å². The molecule has 18 heavy (non-hydrogen) atoms. The van der Waals surface area contributed by atoms with Gasteiger partial charge < -0.3 is 4.74 Å². The number of Topliss-reactive ketones (excluding diaryl/α,β-unsaturated/α-hetero) is 1. The van der Waals surface area contributed by atoms with E-state index in [9.17, 15) is 14.0 Å². The molecule has 1 rings (SSSR count). The molecular formula is C13H14BrFO3. The molecule has 0 bridgehead atoms. The molecule has 0 fully saturated rings. The van der Waals surface area contributed by atoms with Crippen LogP contribution in [0.5, 0.6) is 0 Å². The number of alkyl halides is 1. The van der Waals surface area contributed by atoms with Gasteiger partial charge in [-0.15, -0.1) is 13.2 Å². The summed E-state index contributed by atoms with van der Waals surface area (Å²) in [6, 6.07) is 4.98. The van der Waals surface area contributed by atoms with Gasteiger partial charge in [0.05, 0.1) is 6.61 Å². The predicted octanol–water partition coefficient (Wildman–Crippen LogP) is 3.14. The number of hydrogen-bond acceptors (Lipinski definition) is 3. The van der Waals surface area contributed by atoms with Gasteiger partial charge in [0.25, 0.3) is 0 Å². The van der Waals surface area contributed by atoms with Crippen LogP contribution >= 0.6 is 15.9 Å². The Labute approximate surface area is 114 Å². The molecule has 0 heterocycles. The molecule has 0 amide bonds. The zero-order valence-corrected chi connectivity index (χ0v) is 11.6. The number of rotatable bonds is 4. The Balaban J connectivity index is 0.00000137. The third-order valence-corrected chi connectivity index (χ3v) is 2.64. The van der Waals surface area contributed by atoms with E-state index in [-0.39, 0.29) is 12.2 Å². The van der Waals surface area contributed by atoms with E-state index < -0.39 is 22.4 Å². The topological polar surface area (TPSA) is 43.4 Å². The number of ether oxygens (including phenoxy) is 1. The Hall–Kier alpha value is -1.49. The highest BCUT2D eigenvalue weighted by molar-refractivity contribution is 9.10. The molecule has 0 saturated heterocycles. The lowest BCUT2D eigenvalue weighted by Gasteiger charge is -2.07. The fraction of sp³-hybridized carbons (Fsp3) is 0.231. The van der Waals surface area contributed by atoms with Crippen molar-refractivity contribution in [3.05, 3.63) is 48.8 Å². The maximum atomic E-state index is 12.6. The first-order valence-electron chi connectivity index (χ1n) is 5.16. The second kappa shape index (κ2) is 8.58. The largest absolute Gasteiger partial charge is 0.465 e. The Kier molecular flexibility index (Phi) is 7.87. The van der Waals surface area contributed by atoms with Crippen LogP contribution in [0.1, 0.15) is 17.3 Å². The van der Waals surface area contributed by atoms with Crippen molar-refractivity contribution in [2.75, 3.05) is 6.61 Å². The predicted molar refractivity (Wildman–Crippen MR) is 71.3 cm³/mol. The SMILES string of the molecule is C=C.CCOC(=O)C(Br)C(=O)c1ccc(F)cc1. The van der Waals surface area contributed by atoms with Crippen LogP contribution in [0.15, 0.2) is 37.4 Å². The standard InChI is InChI=1S/C11H10BrFO3.C2H4/c1-2-16-11(15)9(12)10(14)7-3-5-8(13)6-4-7;1-2/h3-6,9H,2H2,1H3;1-2H2. The van der Waals surface area contributed by atoms with Crippen LogP contribution in [-0.2, 0) is 9.53 Å². The van der Waals surface area contributed by atoms with Gasteiger partial charge in [0.2, 0.25) is 0 Å². The lowest BCUT2D eigenvalue weighted by molar-refractivity contribution is -0.141. The van der Waals surface area contributed by atoms with Gasteiger partial charge in [-0.05, 0) is 31.2 Å². The molecule has 0 aromatic heterocycles. The maximum Gasteiger partial charge on any atom is 0.327 e. The van der Waals surface area contributed by atoms with Crippen LogP contribution in [0.25, 0.3) is 0 Å².